The van der Waals surface area contributed by atoms with Crippen LogP contribution in [0.3, 0.4) is 0 Å². The van der Waals surface area contributed by atoms with Crippen LogP contribution in [0.2, 0.25) is 0 Å². The Bertz CT molecular complexity index is 332. The van der Waals surface area contributed by atoms with Crippen molar-refractivity contribution in [3.8, 4) is 0 Å². The number of ether oxygens (including phenoxy) is 1. The molecule has 2 unspecified atom stereocenters. The molecular weight excluding hydrogens is 206 g/mol. The van der Waals surface area contributed by atoms with Crippen molar-refractivity contribution in [2.75, 3.05) is 7.11 Å². The van der Waals surface area contributed by atoms with Crippen LogP contribution in [0.15, 0.2) is 4.52 Å². The second kappa shape index (κ2) is 4.93. The van der Waals surface area contributed by atoms with Gasteiger partial charge in [-0.15, -0.1) is 0 Å². The molecule has 0 aliphatic carbocycles. The van der Waals surface area contributed by atoms with Crippen molar-refractivity contribution in [1.29, 1.82) is 0 Å². The zero-order valence-electron chi connectivity index (χ0n) is 10.7. The number of methoxy groups -OCH3 is 1. The molecule has 1 aromatic rings. The topological polar surface area (TPSA) is 74.2 Å². The summed E-state index contributed by atoms with van der Waals surface area (Å²) in [7, 11) is 1.64. The molecule has 0 radical (unpaired) electrons. The minimum absolute atomic E-state index is 0.223. The first-order valence-corrected chi connectivity index (χ1v) is 5.59. The lowest BCUT2D eigenvalue weighted by atomic mass is 10.0. The summed E-state index contributed by atoms with van der Waals surface area (Å²) in [4.78, 5) is 4.32. The number of hydrogen-bond donors (Lipinski definition) is 1. The van der Waals surface area contributed by atoms with Gasteiger partial charge in [0.15, 0.2) is 0 Å². The first-order valence-electron chi connectivity index (χ1n) is 5.59. The van der Waals surface area contributed by atoms with Gasteiger partial charge in [0.1, 0.15) is 5.60 Å². The van der Waals surface area contributed by atoms with Crippen molar-refractivity contribution in [2.24, 2.45) is 11.7 Å². The molecule has 1 heterocycles. The molecule has 0 amide bonds. The van der Waals surface area contributed by atoms with Crippen LogP contribution in [0.4, 0.5) is 0 Å². The summed E-state index contributed by atoms with van der Waals surface area (Å²) >= 11 is 0. The fourth-order valence-electron chi connectivity index (χ4n) is 1.26. The Balaban J connectivity index is 2.94. The lowest BCUT2D eigenvalue weighted by Gasteiger charge is -2.21. The molecule has 1 rings (SSSR count). The highest BCUT2D eigenvalue weighted by Gasteiger charge is 2.31. The summed E-state index contributed by atoms with van der Waals surface area (Å²) in [5.74, 6) is 1.30. The van der Waals surface area contributed by atoms with Gasteiger partial charge in [0.05, 0.1) is 6.04 Å². The second-order valence-corrected chi connectivity index (χ2v) is 4.51. The maximum atomic E-state index is 5.94. The van der Waals surface area contributed by atoms with E-state index in [1.54, 1.807) is 7.11 Å². The number of nitrogens with two attached hydrogens (primary N) is 1. The molecule has 0 fully saturated rings. The van der Waals surface area contributed by atoms with Crippen molar-refractivity contribution in [3.05, 3.63) is 11.7 Å². The SMILES string of the molecule is CCC(C)(OC)c1noc(C(N)C(C)C)n1. The Labute approximate surface area is 96.4 Å². The predicted molar refractivity (Wildman–Crippen MR) is 60.7 cm³/mol. The van der Waals surface area contributed by atoms with Gasteiger partial charge in [-0.05, 0) is 19.3 Å². The third kappa shape index (κ3) is 2.41. The molecule has 0 spiro atoms. The van der Waals surface area contributed by atoms with Crippen molar-refractivity contribution in [2.45, 2.75) is 45.8 Å². The minimum Gasteiger partial charge on any atom is -0.370 e. The number of nitrogens with zero attached hydrogens (tertiary/aromatic N) is 2. The zero-order chi connectivity index (χ0) is 12.3. The van der Waals surface area contributed by atoms with E-state index in [0.29, 0.717) is 11.7 Å². The maximum absolute atomic E-state index is 5.94. The summed E-state index contributed by atoms with van der Waals surface area (Å²) < 4.78 is 10.6. The van der Waals surface area contributed by atoms with E-state index in [1.807, 2.05) is 27.7 Å². The summed E-state index contributed by atoms with van der Waals surface area (Å²) in [5, 5.41) is 3.94. The van der Waals surface area contributed by atoms with Gasteiger partial charge in [-0.3, -0.25) is 0 Å². The predicted octanol–water partition coefficient (Wildman–Crippen LogP) is 2.00. The van der Waals surface area contributed by atoms with E-state index in [0.717, 1.165) is 6.42 Å². The molecule has 2 N–H and O–H groups in total. The lowest BCUT2D eigenvalue weighted by molar-refractivity contribution is -0.0106. The Morgan fingerprint density at radius 2 is 2.12 bits per heavy atom. The van der Waals surface area contributed by atoms with Crippen LogP contribution in [-0.2, 0) is 10.3 Å². The third-order valence-corrected chi connectivity index (χ3v) is 3.04. The highest BCUT2D eigenvalue weighted by atomic mass is 16.5. The van der Waals surface area contributed by atoms with Gasteiger partial charge in [0.2, 0.25) is 11.7 Å². The van der Waals surface area contributed by atoms with Gasteiger partial charge in [-0.2, -0.15) is 4.98 Å². The van der Waals surface area contributed by atoms with Crippen molar-refractivity contribution < 1.29 is 9.26 Å². The van der Waals surface area contributed by atoms with Crippen LogP contribution in [-0.4, -0.2) is 17.3 Å². The van der Waals surface area contributed by atoms with E-state index in [1.165, 1.54) is 0 Å². The maximum Gasteiger partial charge on any atom is 0.243 e. The Hall–Kier alpha value is -0.940. The van der Waals surface area contributed by atoms with Crippen LogP contribution < -0.4 is 5.73 Å². The third-order valence-electron chi connectivity index (χ3n) is 3.04. The van der Waals surface area contributed by atoms with Gasteiger partial charge in [0.25, 0.3) is 0 Å². The van der Waals surface area contributed by atoms with Crippen molar-refractivity contribution in [3.63, 3.8) is 0 Å². The quantitative estimate of drug-likeness (QED) is 0.832. The van der Waals surface area contributed by atoms with E-state index < -0.39 is 5.60 Å². The van der Waals surface area contributed by atoms with Gasteiger partial charge < -0.3 is 15.0 Å². The van der Waals surface area contributed by atoms with Gasteiger partial charge in [-0.25, -0.2) is 0 Å². The second-order valence-electron chi connectivity index (χ2n) is 4.51. The van der Waals surface area contributed by atoms with Gasteiger partial charge in [-0.1, -0.05) is 25.9 Å². The molecule has 0 aromatic carbocycles. The molecule has 1 aromatic heterocycles. The number of rotatable bonds is 5. The van der Waals surface area contributed by atoms with E-state index in [2.05, 4.69) is 10.1 Å². The average Bonchev–Trinajstić information content (AvgIpc) is 2.76. The first-order chi connectivity index (χ1) is 7.44. The van der Waals surface area contributed by atoms with Crippen LogP contribution >= 0.6 is 0 Å². The Morgan fingerprint density at radius 3 is 2.56 bits per heavy atom. The minimum atomic E-state index is -0.502. The molecule has 16 heavy (non-hydrogen) atoms. The van der Waals surface area contributed by atoms with Gasteiger partial charge in [0, 0.05) is 7.11 Å². The van der Waals surface area contributed by atoms with E-state index in [-0.39, 0.29) is 12.0 Å². The largest absolute Gasteiger partial charge is 0.370 e. The fraction of sp³-hybridized carbons (Fsp3) is 0.818. The summed E-state index contributed by atoms with van der Waals surface area (Å²) in [5.41, 5.74) is 5.44. The molecule has 0 aliphatic heterocycles. The Kier molecular flexibility index (Phi) is 4.04. The molecular formula is C11H21N3O2. The monoisotopic (exact) mass is 227 g/mol. The fourth-order valence-corrected chi connectivity index (χ4v) is 1.26. The van der Waals surface area contributed by atoms with Crippen molar-refractivity contribution in [1.82, 2.24) is 10.1 Å². The average molecular weight is 227 g/mol. The van der Waals surface area contributed by atoms with E-state index in [9.17, 15) is 0 Å². The van der Waals surface area contributed by atoms with Gasteiger partial charge >= 0.3 is 0 Å². The van der Waals surface area contributed by atoms with E-state index >= 15 is 0 Å². The first kappa shape index (κ1) is 13.1. The molecule has 0 aliphatic rings. The van der Waals surface area contributed by atoms with Crippen LogP contribution in [0.25, 0.3) is 0 Å². The normalized spacial score (nSPS) is 17.4. The molecule has 5 heteroatoms. The number of hydrogen-bond acceptors (Lipinski definition) is 5. The molecule has 2 atom stereocenters. The lowest BCUT2D eigenvalue weighted by Crippen LogP contribution is -2.25. The van der Waals surface area contributed by atoms with E-state index in [4.69, 9.17) is 15.0 Å². The summed E-state index contributed by atoms with van der Waals surface area (Å²) in [6.45, 7) is 7.98. The van der Waals surface area contributed by atoms with Crippen LogP contribution in [0.1, 0.15) is 51.9 Å². The van der Waals surface area contributed by atoms with Crippen LogP contribution in [0, 0.1) is 5.92 Å². The highest BCUT2D eigenvalue weighted by Crippen LogP contribution is 2.27. The molecule has 0 bridgehead atoms. The Morgan fingerprint density at radius 1 is 1.50 bits per heavy atom. The smallest absolute Gasteiger partial charge is 0.243 e. The summed E-state index contributed by atoms with van der Waals surface area (Å²) in [6.07, 6.45) is 0.777. The molecule has 5 nitrogen and oxygen atoms in total. The standard InChI is InChI=1S/C11H21N3O2/c1-6-11(4,15-5)10-13-9(16-14-10)8(12)7(2)3/h7-8H,6,12H2,1-5H3. The molecule has 0 saturated carbocycles. The summed E-state index contributed by atoms with van der Waals surface area (Å²) in [6, 6.07) is -0.223. The zero-order valence-corrected chi connectivity index (χ0v) is 10.7. The van der Waals surface area contributed by atoms with Crippen molar-refractivity contribution >= 4 is 0 Å². The highest BCUT2D eigenvalue weighted by molar-refractivity contribution is 5.01. The van der Waals surface area contributed by atoms with Crippen LogP contribution in [0.5, 0.6) is 0 Å². The number of aromatic nitrogens is 2. The molecule has 92 valence electrons. The molecule has 0 saturated heterocycles.